The molecule has 182 valence electrons. The fourth-order valence-electron chi connectivity index (χ4n) is 4.60. The molecule has 0 radical (unpaired) electrons. The number of hydrogen-bond acceptors (Lipinski definition) is 4. The summed E-state index contributed by atoms with van der Waals surface area (Å²) < 4.78 is 0. The van der Waals surface area contributed by atoms with E-state index in [9.17, 15) is 9.59 Å². The molecule has 0 bridgehead atoms. The summed E-state index contributed by atoms with van der Waals surface area (Å²) in [5, 5.41) is 6.66. The number of piperidine rings is 1. The number of carbonyl (C=O) groups excluding carboxylic acids is 2. The zero-order chi connectivity index (χ0) is 23.9. The maximum atomic E-state index is 12.8. The zero-order valence-corrected chi connectivity index (χ0v) is 20.6. The van der Waals surface area contributed by atoms with Gasteiger partial charge in [0.15, 0.2) is 0 Å². The molecule has 2 heterocycles. The van der Waals surface area contributed by atoms with Crippen molar-refractivity contribution in [3.63, 3.8) is 0 Å². The molecule has 0 unspecified atom stereocenters. The third-order valence-electron chi connectivity index (χ3n) is 6.73. The number of anilines is 1. The number of likely N-dealkylation sites (N-methyl/N-ethyl adjacent to an activating group) is 1. The first kappa shape index (κ1) is 24.5. The number of carbonyl (C=O) groups is 2. The topological polar surface area (TPSA) is 67.9 Å². The van der Waals surface area contributed by atoms with Gasteiger partial charge in [-0.3, -0.25) is 9.69 Å². The molecule has 2 fully saturated rings. The van der Waals surface area contributed by atoms with E-state index in [2.05, 4.69) is 33.5 Å². The molecule has 4 rings (SSSR count). The summed E-state index contributed by atoms with van der Waals surface area (Å²) in [7, 11) is 2.14. The first-order valence-corrected chi connectivity index (χ1v) is 12.5. The summed E-state index contributed by atoms with van der Waals surface area (Å²) in [6, 6.07) is 14.9. The molecule has 1 atom stereocenters. The van der Waals surface area contributed by atoms with E-state index in [1.54, 1.807) is 24.3 Å². The molecule has 2 aliphatic rings. The van der Waals surface area contributed by atoms with Crippen molar-refractivity contribution in [1.29, 1.82) is 0 Å². The summed E-state index contributed by atoms with van der Waals surface area (Å²) in [6.45, 7) is 7.13. The molecule has 2 aliphatic heterocycles. The van der Waals surface area contributed by atoms with Crippen LogP contribution < -0.4 is 10.6 Å². The van der Waals surface area contributed by atoms with Crippen LogP contribution >= 0.6 is 11.6 Å². The third kappa shape index (κ3) is 6.72. The van der Waals surface area contributed by atoms with Gasteiger partial charge in [0, 0.05) is 74.5 Å². The van der Waals surface area contributed by atoms with Crippen molar-refractivity contribution in [3.05, 3.63) is 64.7 Å². The lowest BCUT2D eigenvalue weighted by molar-refractivity contribution is 0.0940. The molecular weight excluding hydrogens is 450 g/mol. The summed E-state index contributed by atoms with van der Waals surface area (Å²) >= 11 is 5.93. The number of benzene rings is 2. The highest BCUT2D eigenvalue weighted by atomic mass is 35.5. The Morgan fingerprint density at radius 3 is 2.56 bits per heavy atom. The highest BCUT2D eigenvalue weighted by molar-refractivity contribution is 6.30. The Bertz CT molecular complexity index is 975. The molecule has 0 aliphatic carbocycles. The van der Waals surface area contributed by atoms with Crippen LogP contribution in [-0.2, 0) is 0 Å². The van der Waals surface area contributed by atoms with Crippen LogP contribution in [0.4, 0.5) is 10.5 Å². The molecule has 0 spiro atoms. The molecular formula is C26H34ClN5O2. The van der Waals surface area contributed by atoms with E-state index in [1.807, 2.05) is 23.1 Å². The number of piperazine rings is 1. The minimum atomic E-state index is -0.107. The van der Waals surface area contributed by atoms with E-state index in [0.29, 0.717) is 23.7 Å². The van der Waals surface area contributed by atoms with E-state index < -0.39 is 0 Å². The zero-order valence-electron chi connectivity index (χ0n) is 19.8. The van der Waals surface area contributed by atoms with Gasteiger partial charge >= 0.3 is 6.03 Å². The standard InChI is InChI=1S/C26H34ClN5O2/c1-30-14-16-31(17-15-30)13-11-28-25(33)21-5-2-4-20(18-21)22-6-3-12-32(19-22)26(34)29-24-9-7-23(27)8-10-24/h2,4-5,7-10,18,22H,3,6,11-17,19H2,1H3,(H,28,33)(H,29,34)/t22-/m1/s1. The molecule has 0 aromatic heterocycles. The molecule has 7 nitrogen and oxygen atoms in total. The highest BCUT2D eigenvalue weighted by Crippen LogP contribution is 2.28. The third-order valence-corrected chi connectivity index (χ3v) is 6.99. The maximum Gasteiger partial charge on any atom is 0.321 e. The molecule has 2 aromatic carbocycles. The van der Waals surface area contributed by atoms with Gasteiger partial charge in [0.1, 0.15) is 0 Å². The van der Waals surface area contributed by atoms with Crippen LogP contribution in [0.2, 0.25) is 5.02 Å². The van der Waals surface area contributed by atoms with Gasteiger partial charge in [-0.2, -0.15) is 0 Å². The van der Waals surface area contributed by atoms with E-state index in [-0.39, 0.29) is 17.9 Å². The van der Waals surface area contributed by atoms with E-state index >= 15 is 0 Å². The second kappa shape index (κ2) is 11.7. The number of nitrogens with one attached hydrogen (secondary N) is 2. The summed E-state index contributed by atoms with van der Waals surface area (Å²) in [6.07, 6.45) is 1.93. The monoisotopic (exact) mass is 483 g/mol. The van der Waals surface area contributed by atoms with Gasteiger partial charge in [-0.1, -0.05) is 23.7 Å². The number of halogens is 1. The van der Waals surface area contributed by atoms with Crippen molar-refractivity contribution in [2.45, 2.75) is 18.8 Å². The lowest BCUT2D eigenvalue weighted by Gasteiger charge is -2.33. The van der Waals surface area contributed by atoms with Crippen molar-refractivity contribution in [2.24, 2.45) is 0 Å². The van der Waals surface area contributed by atoms with Crippen LogP contribution in [0.5, 0.6) is 0 Å². The van der Waals surface area contributed by atoms with Gasteiger partial charge in [-0.15, -0.1) is 0 Å². The average Bonchev–Trinajstić information content (AvgIpc) is 2.86. The SMILES string of the molecule is CN1CCN(CCNC(=O)c2cccc([C@@H]3CCCN(C(=O)Nc4ccc(Cl)cc4)C3)c2)CC1. The summed E-state index contributed by atoms with van der Waals surface area (Å²) in [4.78, 5) is 32.1. The minimum absolute atomic E-state index is 0.0378. The Morgan fingerprint density at radius 2 is 1.79 bits per heavy atom. The van der Waals surface area contributed by atoms with Crippen molar-refractivity contribution in [3.8, 4) is 0 Å². The molecule has 34 heavy (non-hydrogen) atoms. The molecule has 2 N–H and O–H groups in total. The number of amides is 3. The van der Waals surface area contributed by atoms with Crippen LogP contribution in [-0.4, -0.2) is 86.0 Å². The number of hydrogen-bond donors (Lipinski definition) is 2. The number of nitrogens with zero attached hydrogens (tertiary/aromatic N) is 3. The van der Waals surface area contributed by atoms with Crippen molar-refractivity contribution in [1.82, 2.24) is 20.0 Å². The quantitative estimate of drug-likeness (QED) is 0.657. The second-order valence-electron chi connectivity index (χ2n) is 9.25. The van der Waals surface area contributed by atoms with Gasteiger partial charge in [0.25, 0.3) is 5.91 Å². The predicted molar refractivity (Wildman–Crippen MR) is 137 cm³/mol. The Kier molecular flexibility index (Phi) is 8.43. The molecule has 0 saturated carbocycles. The maximum absolute atomic E-state index is 12.8. The molecule has 2 aromatic rings. The Hall–Kier alpha value is -2.61. The van der Waals surface area contributed by atoms with Crippen LogP contribution in [0.15, 0.2) is 48.5 Å². The van der Waals surface area contributed by atoms with E-state index in [1.165, 1.54) is 0 Å². The van der Waals surface area contributed by atoms with Crippen LogP contribution in [0.25, 0.3) is 0 Å². The number of urea groups is 1. The average molecular weight is 484 g/mol. The molecule has 2 saturated heterocycles. The Labute approximate surface area is 207 Å². The first-order valence-electron chi connectivity index (χ1n) is 12.1. The summed E-state index contributed by atoms with van der Waals surface area (Å²) in [5.41, 5.74) is 2.51. The molecule has 8 heteroatoms. The lowest BCUT2D eigenvalue weighted by atomic mass is 9.89. The van der Waals surface area contributed by atoms with Gasteiger partial charge in [0.05, 0.1) is 0 Å². The van der Waals surface area contributed by atoms with Crippen molar-refractivity contribution < 1.29 is 9.59 Å². The highest BCUT2D eigenvalue weighted by Gasteiger charge is 2.25. The van der Waals surface area contributed by atoms with Gasteiger partial charge < -0.3 is 20.4 Å². The Morgan fingerprint density at radius 1 is 1.03 bits per heavy atom. The normalized spacial score (nSPS) is 19.6. The lowest BCUT2D eigenvalue weighted by Crippen LogP contribution is -2.46. The predicted octanol–water partition coefficient (Wildman–Crippen LogP) is 3.73. The smallest absolute Gasteiger partial charge is 0.321 e. The van der Waals surface area contributed by atoms with Crippen molar-refractivity contribution >= 4 is 29.2 Å². The van der Waals surface area contributed by atoms with E-state index in [4.69, 9.17) is 11.6 Å². The second-order valence-corrected chi connectivity index (χ2v) is 9.68. The van der Waals surface area contributed by atoms with Gasteiger partial charge in [0.2, 0.25) is 0 Å². The molecule has 3 amide bonds. The number of rotatable bonds is 6. The van der Waals surface area contributed by atoms with Gasteiger partial charge in [-0.05, 0) is 61.9 Å². The van der Waals surface area contributed by atoms with Crippen LogP contribution in [0, 0.1) is 0 Å². The Balaban J connectivity index is 1.30. The first-order chi connectivity index (χ1) is 16.5. The fourth-order valence-corrected chi connectivity index (χ4v) is 4.73. The van der Waals surface area contributed by atoms with Crippen LogP contribution in [0.3, 0.4) is 0 Å². The fraction of sp³-hybridized carbons (Fsp3) is 0.462. The summed E-state index contributed by atoms with van der Waals surface area (Å²) in [5.74, 6) is 0.173. The van der Waals surface area contributed by atoms with Crippen LogP contribution in [0.1, 0.15) is 34.7 Å². The minimum Gasteiger partial charge on any atom is -0.351 e. The van der Waals surface area contributed by atoms with Crippen molar-refractivity contribution in [2.75, 3.05) is 64.7 Å². The van der Waals surface area contributed by atoms with E-state index in [0.717, 1.165) is 63.4 Å². The largest absolute Gasteiger partial charge is 0.351 e. The number of likely N-dealkylation sites (tertiary alicyclic amines) is 1. The van der Waals surface area contributed by atoms with Gasteiger partial charge in [-0.25, -0.2) is 4.79 Å².